The highest BCUT2D eigenvalue weighted by Gasteiger charge is 2.00. The first kappa shape index (κ1) is 19.8. The van der Waals surface area contributed by atoms with Crippen LogP contribution in [0, 0.1) is 0 Å². The van der Waals surface area contributed by atoms with Gasteiger partial charge in [0.2, 0.25) is 0 Å². The fraction of sp³-hybridized carbons (Fsp3) is 0.381. The van der Waals surface area contributed by atoms with Crippen molar-refractivity contribution in [2.75, 3.05) is 26.9 Å². The third kappa shape index (κ3) is 7.57. The summed E-state index contributed by atoms with van der Waals surface area (Å²) in [5.41, 5.74) is 2.34. The fourth-order valence-electron chi connectivity index (χ4n) is 2.42. The van der Waals surface area contributed by atoms with Crippen molar-refractivity contribution in [1.82, 2.24) is 10.6 Å². The molecule has 0 radical (unpaired) electrons. The van der Waals surface area contributed by atoms with Crippen molar-refractivity contribution < 1.29 is 9.47 Å². The first-order valence-corrected chi connectivity index (χ1v) is 9.08. The van der Waals surface area contributed by atoms with Crippen LogP contribution in [0.2, 0.25) is 0 Å². The molecule has 0 heterocycles. The van der Waals surface area contributed by atoms with Gasteiger partial charge in [-0.3, -0.25) is 0 Å². The molecule has 0 aliphatic carbocycles. The molecule has 0 spiro atoms. The van der Waals surface area contributed by atoms with Crippen LogP contribution in [-0.4, -0.2) is 32.8 Å². The van der Waals surface area contributed by atoms with E-state index in [1.165, 1.54) is 5.56 Å². The Morgan fingerprint density at radius 2 is 1.77 bits per heavy atom. The van der Waals surface area contributed by atoms with Gasteiger partial charge in [-0.2, -0.15) is 0 Å². The Labute approximate surface area is 156 Å². The topological polar surface area (TPSA) is 54.9 Å². The van der Waals surface area contributed by atoms with E-state index < -0.39 is 0 Å². The molecule has 5 heteroatoms. The number of hydrogen-bond acceptors (Lipinski definition) is 3. The van der Waals surface area contributed by atoms with Gasteiger partial charge in [-0.25, -0.2) is 4.99 Å². The second-order valence-electron chi connectivity index (χ2n) is 5.88. The Morgan fingerprint density at radius 1 is 0.962 bits per heavy atom. The van der Waals surface area contributed by atoms with Gasteiger partial charge in [-0.1, -0.05) is 42.5 Å². The molecule has 26 heavy (non-hydrogen) atoms. The van der Waals surface area contributed by atoms with E-state index in [4.69, 9.17) is 9.47 Å². The summed E-state index contributed by atoms with van der Waals surface area (Å²) in [6, 6.07) is 18.4. The number of nitrogens with one attached hydrogen (secondary N) is 2. The zero-order valence-electron chi connectivity index (χ0n) is 15.7. The van der Waals surface area contributed by atoms with E-state index in [9.17, 15) is 0 Å². The Morgan fingerprint density at radius 3 is 2.54 bits per heavy atom. The summed E-state index contributed by atoms with van der Waals surface area (Å²) in [7, 11) is 1.70. The quantitative estimate of drug-likeness (QED) is 0.390. The summed E-state index contributed by atoms with van der Waals surface area (Å²) >= 11 is 0. The van der Waals surface area contributed by atoms with Crippen LogP contribution in [0.25, 0.3) is 0 Å². The molecule has 2 rings (SSSR count). The van der Waals surface area contributed by atoms with Crippen LogP contribution in [0.4, 0.5) is 0 Å². The first-order valence-electron chi connectivity index (χ1n) is 9.08. The Balaban J connectivity index is 1.89. The van der Waals surface area contributed by atoms with Gasteiger partial charge in [0.25, 0.3) is 0 Å². The van der Waals surface area contributed by atoms with Crippen molar-refractivity contribution in [3.63, 3.8) is 0 Å². The molecule has 0 bridgehead atoms. The van der Waals surface area contributed by atoms with E-state index in [1.54, 1.807) is 7.11 Å². The number of ether oxygens (including phenoxy) is 2. The number of nitrogens with zero attached hydrogens (tertiary/aromatic N) is 1. The van der Waals surface area contributed by atoms with Crippen LogP contribution < -0.4 is 15.4 Å². The van der Waals surface area contributed by atoms with Crippen LogP contribution in [-0.2, 0) is 17.8 Å². The van der Waals surface area contributed by atoms with E-state index in [0.29, 0.717) is 19.8 Å². The molecule has 0 atom stereocenters. The van der Waals surface area contributed by atoms with Crippen LogP contribution >= 0.6 is 0 Å². The van der Waals surface area contributed by atoms with Crippen LogP contribution in [0.5, 0.6) is 5.75 Å². The summed E-state index contributed by atoms with van der Waals surface area (Å²) in [5, 5.41) is 6.64. The van der Waals surface area contributed by atoms with Crippen LogP contribution in [0.1, 0.15) is 24.5 Å². The highest BCUT2D eigenvalue weighted by atomic mass is 16.5. The van der Waals surface area contributed by atoms with Crippen LogP contribution in [0.15, 0.2) is 59.6 Å². The molecule has 0 aliphatic heterocycles. The number of methoxy groups -OCH3 is 1. The Kier molecular flexibility index (Phi) is 9.08. The predicted molar refractivity (Wildman–Crippen MR) is 107 cm³/mol. The Hall–Kier alpha value is -2.53. The summed E-state index contributed by atoms with van der Waals surface area (Å²) in [6.45, 7) is 5.59. The second kappa shape index (κ2) is 11.9. The monoisotopic (exact) mass is 355 g/mol. The van der Waals surface area contributed by atoms with Crippen molar-refractivity contribution in [2.24, 2.45) is 4.99 Å². The zero-order valence-corrected chi connectivity index (χ0v) is 15.7. The predicted octanol–water partition coefficient (Wildman–Crippen LogP) is 3.36. The van der Waals surface area contributed by atoms with E-state index >= 15 is 0 Å². The van der Waals surface area contributed by atoms with Gasteiger partial charge in [-0.15, -0.1) is 0 Å². The lowest BCUT2D eigenvalue weighted by Crippen LogP contribution is -2.36. The van der Waals surface area contributed by atoms with Gasteiger partial charge in [-0.05, 0) is 30.2 Å². The smallest absolute Gasteiger partial charge is 0.191 e. The molecule has 2 N–H and O–H groups in total. The van der Waals surface area contributed by atoms with Gasteiger partial charge in [0, 0.05) is 33.2 Å². The molecule has 2 aromatic carbocycles. The van der Waals surface area contributed by atoms with Crippen molar-refractivity contribution in [3.05, 3.63) is 65.7 Å². The third-order valence-corrected chi connectivity index (χ3v) is 3.73. The molecule has 2 aromatic rings. The largest absolute Gasteiger partial charge is 0.493 e. The molecule has 0 saturated heterocycles. The zero-order chi connectivity index (χ0) is 18.5. The van der Waals surface area contributed by atoms with Gasteiger partial charge >= 0.3 is 0 Å². The normalized spacial score (nSPS) is 11.2. The van der Waals surface area contributed by atoms with E-state index in [2.05, 4.69) is 40.7 Å². The van der Waals surface area contributed by atoms with Gasteiger partial charge in [0.05, 0.1) is 13.2 Å². The average Bonchev–Trinajstić information content (AvgIpc) is 2.68. The van der Waals surface area contributed by atoms with Gasteiger partial charge < -0.3 is 20.1 Å². The SMILES string of the molecule is CCNC(=NCc1cccc(OCCCOC)c1)NCc1ccccc1. The molecule has 0 amide bonds. The first-order chi connectivity index (χ1) is 12.8. The lowest BCUT2D eigenvalue weighted by molar-refractivity contribution is 0.172. The number of aliphatic imine (C=N–C) groups is 1. The number of guanidine groups is 1. The number of benzene rings is 2. The molecule has 0 aliphatic rings. The van der Waals surface area contributed by atoms with Crippen molar-refractivity contribution in [1.29, 1.82) is 0 Å². The summed E-state index contributed by atoms with van der Waals surface area (Å²) in [6.07, 6.45) is 0.882. The maximum atomic E-state index is 5.75. The number of hydrogen-bond donors (Lipinski definition) is 2. The maximum Gasteiger partial charge on any atom is 0.191 e. The highest BCUT2D eigenvalue weighted by molar-refractivity contribution is 5.79. The summed E-state index contributed by atoms with van der Waals surface area (Å²) in [4.78, 5) is 4.67. The van der Waals surface area contributed by atoms with Crippen molar-refractivity contribution in [3.8, 4) is 5.75 Å². The van der Waals surface area contributed by atoms with E-state index in [-0.39, 0.29) is 0 Å². The second-order valence-corrected chi connectivity index (χ2v) is 5.88. The minimum absolute atomic E-state index is 0.597. The van der Waals surface area contributed by atoms with Crippen molar-refractivity contribution >= 4 is 5.96 Å². The van der Waals surface area contributed by atoms with Crippen molar-refractivity contribution in [2.45, 2.75) is 26.4 Å². The molecular formula is C21H29N3O2. The molecule has 0 aromatic heterocycles. The summed E-state index contributed by atoms with van der Waals surface area (Å²) < 4.78 is 10.8. The lowest BCUT2D eigenvalue weighted by atomic mass is 10.2. The standard InChI is InChI=1S/C21H29N3O2/c1-3-22-21(23-16-18-9-5-4-6-10-18)24-17-19-11-7-12-20(15-19)26-14-8-13-25-2/h4-7,9-12,15H,3,8,13-14,16-17H2,1-2H3,(H2,22,23,24). The third-order valence-electron chi connectivity index (χ3n) is 3.73. The Bertz CT molecular complexity index is 659. The van der Waals surface area contributed by atoms with E-state index in [1.807, 2.05) is 36.4 Å². The molecule has 0 fully saturated rings. The number of rotatable bonds is 10. The average molecular weight is 355 g/mol. The minimum atomic E-state index is 0.597. The minimum Gasteiger partial charge on any atom is -0.493 e. The molecule has 0 unspecified atom stereocenters. The van der Waals surface area contributed by atoms with Gasteiger partial charge in [0.1, 0.15) is 5.75 Å². The van der Waals surface area contributed by atoms with E-state index in [0.717, 1.165) is 36.8 Å². The summed E-state index contributed by atoms with van der Waals surface area (Å²) in [5.74, 6) is 1.68. The molecular weight excluding hydrogens is 326 g/mol. The maximum absolute atomic E-state index is 5.75. The van der Waals surface area contributed by atoms with Crippen LogP contribution in [0.3, 0.4) is 0 Å². The molecule has 140 valence electrons. The molecule has 5 nitrogen and oxygen atoms in total. The van der Waals surface area contributed by atoms with Gasteiger partial charge in [0.15, 0.2) is 5.96 Å². The lowest BCUT2D eigenvalue weighted by Gasteiger charge is -2.12. The fourth-order valence-corrected chi connectivity index (χ4v) is 2.42. The molecule has 0 saturated carbocycles. The highest BCUT2D eigenvalue weighted by Crippen LogP contribution is 2.14.